The number of hydrogen-bond acceptors (Lipinski definition) is 4. The van der Waals surface area contributed by atoms with Crippen LogP contribution in [-0.2, 0) is 19.1 Å². The highest BCUT2D eigenvalue weighted by molar-refractivity contribution is 5.69. The quantitative estimate of drug-likeness (QED) is 0.561. The summed E-state index contributed by atoms with van der Waals surface area (Å²) in [5.74, 6) is -0.231. The average Bonchev–Trinajstić information content (AvgIpc) is 2.27. The summed E-state index contributed by atoms with van der Waals surface area (Å²) in [6, 6.07) is 0. The van der Waals surface area contributed by atoms with E-state index in [9.17, 15) is 9.59 Å². The zero-order valence-electron chi connectivity index (χ0n) is 12.7. The molecular formula is C14H28O4. The molecule has 4 nitrogen and oxygen atoms in total. The predicted octanol–water partition coefficient (Wildman–Crippen LogP) is 3.48. The van der Waals surface area contributed by atoms with Crippen molar-refractivity contribution in [2.45, 2.75) is 72.8 Å². The lowest BCUT2D eigenvalue weighted by molar-refractivity contribution is -0.154. The van der Waals surface area contributed by atoms with Crippen molar-refractivity contribution in [2.75, 3.05) is 6.61 Å². The molecule has 0 aromatic carbocycles. The van der Waals surface area contributed by atoms with Crippen LogP contribution >= 0.6 is 0 Å². The standard InChI is InChI=1S/2C7H14O2/c1-5-6(8)9-7(2,3)4;1-3-5-6-9-7(8)4-2/h5H2,1-4H3;3-6H2,1-2H3. The molecule has 0 bridgehead atoms. The molecule has 18 heavy (non-hydrogen) atoms. The fraction of sp³-hybridized carbons (Fsp3) is 0.857. The van der Waals surface area contributed by atoms with Gasteiger partial charge in [0.05, 0.1) is 6.61 Å². The molecular weight excluding hydrogens is 232 g/mol. The highest BCUT2D eigenvalue weighted by atomic mass is 16.6. The van der Waals surface area contributed by atoms with Crippen LogP contribution < -0.4 is 0 Å². The topological polar surface area (TPSA) is 52.6 Å². The summed E-state index contributed by atoms with van der Waals surface area (Å²) in [4.78, 5) is 21.1. The van der Waals surface area contributed by atoms with E-state index in [1.807, 2.05) is 20.8 Å². The fourth-order valence-electron chi connectivity index (χ4n) is 0.846. The van der Waals surface area contributed by atoms with Crippen LogP contribution in [-0.4, -0.2) is 24.1 Å². The Kier molecular flexibility index (Phi) is 11.8. The smallest absolute Gasteiger partial charge is 0.306 e. The zero-order valence-corrected chi connectivity index (χ0v) is 12.7. The van der Waals surface area contributed by atoms with Crippen molar-refractivity contribution < 1.29 is 19.1 Å². The number of esters is 2. The Morgan fingerprint density at radius 2 is 1.44 bits per heavy atom. The summed E-state index contributed by atoms with van der Waals surface area (Å²) in [7, 11) is 0. The first kappa shape index (κ1) is 19.3. The van der Waals surface area contributed by atoms with Crippen molar-refractivity contribution in [2.24, 2.45) is 0 Å². The van der Waals surface area contributed by atoms with Gasteiger partial charge in [-0.25, -0.2) is 0 Å². The number of carbonyl (C=O) groups excluding carboxylic acids is 2. The average molecular weight is 260 g/mol. The number of hydrogen-bond donors (Lipinski definition) is 0. The molecule has 0 radical (unpaired) electrons. The molecule has 4 heteroatoms. The van der Waals surface area contributed by atoms with E-state index in [4.69, 9.17) is 9.47 Å². The van der Waals surface area contributed by atoms with E-state index in [2.05, 4.69) is 6.92 Å². The minimum Gasteiger partial charge on any atom is -0.466 e. The van der Waals surface area contributed by atoms with Gasteiger partial charge in [0, 0.05) is 12.8 Å². The third kappa shape index (κ3) is 17.3. The van der Waals surface area contributed by atoms with E-state index in [-0.39, 0.29) is 17.5 Å². The van der Waals surface area contributed by atoms with Gasteiger partial charge in [0.2, 0.25) is 0 Å². The summed E-state index contributed by atoms with van der Waals surface area (Å²) in [5.41, 5.74) is -0.326. The summed E-state index contributed by atoms with van der Waals surface area (Å²) in [5, 5.41) is 0. The predicted molar refractivity (Wildman–Crippen MR) is 72.3 cm³/mol. The first-order valence-corrected chi connectivity index (χ1v) is 6.64. The minimum atomic E-state index is -0.326. The molecule has 0 N–H and O–H groups in total. The maximum atomic E-state index is 10.6. The monoisotopic (exact) mass is 260 g/mol. The van der Waals surface area contributed by atoms with Gasteiger partial charge in [-0.15, -0.1) is 0 Å². The van der Waals surface area contributed by atoms with E-state index >= 15 is 0 Å². The Bertz CT molecular complexity index is 228. The number of unbranched alkanes of at least 4 members (excludes halogenated alkanes) is 1. The maximum Gasteiger partial charge on any atom is 0.306 e. The van der Waals surface area contributed by atoms with E-state index in [1.165, 1.54) is 0 Å². The largest absolute Gasteiger partial charge is 0.466 e. The lowest BCUT2D eigenvalue weighted by atomic mass is 10.2. The van der Waals surface area contributed by atoms with Gasteiger partial charge in [0.15, 0.2) is 0 Å². The second-order valence-corrected chi connectivity index (χ2v) is 4.87. The van der Waals surface area contributed by atoms with Gasteiger partial charge < -0.3 is 9.47 Å². The second-order valence-electron chi connectivity index (χ2n) is 4.87. The third-order valence-corrected chi connectivity index (χ3v) is 1.76. The summed E-state index contributed by atoms with van der Waals surface area (Å²) < 4.78 is 9.74. The molecule has 0 amide bonds. The van der Waals surface area contributed by atoms with Crippen molar-refractivity contribution in [3.63, 3.8) is 0 Å². The van der Waals surface area contributed by atoms with Gasteiger partial charge in [0.25, 0.3) is 0 Å². The van der Waals surface area contributed by atoms with E-state index in [1.54, 1.807) is 13.8 Å². The minimum absolute atomic E-state index is 0.0940. The van der Waals surface area contributed by atoms with Crippen molar-refractivity contribution in [3.8, 4) is 0 Å². The van der Waals surface area contributed by atoms with Crippen molar-refractivity contribution in [3.05, 3.63) is 0 Å². The molecule has 0 saturated carbocycles. The van der Waals surface area contributed by atoms with Gasteiger partial charge in [-0.1, -0.05) is 27.2 Å². The first-order valence-electron chi connectivity index (χ1n) is 6.64. The highest BCUT2D eigenvalue weighted by Crippen LogP contribution is 2.07. The molecule has 0 atom stereocenters. The van der Waals surface area contributed by atoms with E-state index in [0.717, 1.165) is 12.8 Å². The van der Waals surface area contributed by atoms with Crippen molar-refractivity contribution in [1.29, 1.82) is 0 Å². The Morgan fingerprint density at radius 1 is 0.944 bits per heavy atom. The van der Waals surface area contributed by atoms with Gasteiger partial charge >= 0.3 is 11.9 Å². The van der Waals surface area contributed by atoms with Crippen LogP contribution in [0, 0.1) is 0 Å². The lowest BCUT2D eigenvalue weighted by Crippen LogP contribution is -2.23. The molecule has 0 unspecified atom stereocenters. The molecule has 0 heterocycles. The third-order valence-electron chi connectivity index (χ3n) is 1.76. The first-order chi connectivity index (χ1) is 8.26. The van der Waals surface area contributed by atoms with Crippen molar-refractivity contribution >= 4 is 11.9 Å². The number of carbonyl (C=O) groups is 2. The maximum absolute atomic E-state index is 10.6. The number of rotatable bonds is 5. The van der Waals surface area contributed by atoms with Gasteiger partial charge in [0.1, 0.15) is 5.60 Å². The summed E-state index contributed by atoms with van der Waals surface area (Å²) in [6.07, 6.45) is 3.00. The molecule has 0 aliphatic rings. The molecule has 0 aliphatic heterocycles. The summed E-state index contributed by atoms with van der Waals surface area (Å²) in [6.45, 7) is 11.8. The fourth-order valence-corrected chi connectivity index (χ4v) is 0.846. The number of ether oxygens (including phenoxy) is 2. The lowest BCUT2D eigenvalue weighted by Gasteiger charge is -2.18. The molecule has 0 aromatic heterocycles. The van der Waals surface area contributed by atoms with Crippen LogP contribution in [0.15, 0.2) is 0 Å². The van der Waals surface area contributed by atoms with E-state index < -0.39 is 0 Å². The Labute approximate surface area is 111 Å². The highest BCUT2D eigenvalue weighted by Gasteiger charge is 2.13. The Hall–Kier alpha value is -1.06. The summed E-state index contributed by atoms with van der Waals surface area (Å²) >= 11 is 0. The molecule has 0 aromatic rings. The Morgan fingerprint density at radius 3 is 1.72 bits per heavy atom. The van der Waals surface area contributed by atoms with Gasteiger partial charge in [-0.2, -0.15) is 0 Å². The zero-order chi connectivity index (χ0) is 14.6. The second kappa shape index (κ2) is 11.1. The van der Waals surface area contributed by atoms with Crippen LogP contribution in [0.2, 0.25) is 0 Å². The molecule has 0 fully saturated rings. The normalized spacial score (nSPS) is 10.1. The molecule has 108 valence electrons. The molecule has 0 saturated heterocycles. The van der Waals surface area contributed by atoms with Gasteiger partial charge in [-0.3, -0.25) is 9.59 Å². The van der Waals surface area contributed by atoms with Crippen LogP contribution in [0.4, 0.5) is 0 Å². The van der Waals surface area contributed by atoms with Crippen LogP contribution in [0.5, 0.6) is 0 Å². The van der Waals surface area contributed by atoms with Gasteiger partial charge in [-0.05, 0) is 27.2 Å². The SMILES string of the molecule is CCC(=O)OC(C)(C)C.CCCCOC(=O)CC. The van der Waals surface area contributed by atoms with E-state index in [0.29, 0.717) is 19.4 Å². The Balaban J connectivity index is 0. The van der Waals surface area contributed by atoms with Crippen LogP contribution in [0.1, 0.15) is 67.2 Å². The molecule has 0 spiro atoms. The molecule has 0 aliphatic carbocycles. The van der Waals surface area contributed by atoms with Crippen LogP contribution in [0.25, 0.3) is 0 Å². The van der Waals surface area contributed by atoms with Crippen LogP contribution in [0.3, 0.4) is 0 Å². The van der Waals surface area contributed by atoms with Crippen molar-refractivity contribution in [1.82, 2.24) is 0 Å². The molecule has 0 rings (SSSR count).